The number of H-pyrrole nitrogens is 1. The second kappa shape index (κ2) is 17.7. The molecule has 0 bridgehead atoms. The lowest BCUT2D eigenvalue weighted by molar-refractivity contribution is -0.160. The molecule has 0 aliphatic carbocycles. The van der Waals surface area contributed by atoms with Crippen molar-refractivity contribution in [1.82, 2.24) is 25.0 Å². The van der Waals surface area contributed by atoms with E-state index in [4.69, 9.17) is 9.47 Å². The fourth-order valence-corrected chi connectivity index (χ4v) is 11.7. The molecule has 6 aliphatic rings. The van der Waals surface area contributed by atoms with Gasteiger partial charge in [0.25, 0.3) is 11.8 Å². The van der Waals surface area contributed by atoms with Gasteiger partial charge in [0.2, 0.25) is 11.8 Å². The first kappa shape index (κ1) is 43.4. The van der Waals surface area contributed by atoms with Crippen molar-refractivity contribution in [1.29, 1.82) is 0 Å². The molecule has 6 aliphatic heterocycles. The standard InChI is InChI=1S/C50H61FN8O6/c1-4-50(65-3)46(59(49(50)63)41-7-5-6-40-37(41)12-17-52-40)38-27-39(51)43(28-44(38)64-2)57-20-15-33(16-21-57)30-55-24-22-54(23-25-55)29-32-13-18-56(19-14-32)35-8-9-36-34(26-35)31-58(48(36)62)42-10-11-45(60)53-47(42)61/h5-9,12,17,26-28,32-33,42,46,52H,4,10-11,13-16,18-25,29-31H2,1-3H3,(H,53,60,61)/t42-,46-,50+/m0/s1. The van der Waals surface area contributed by atoms with E-state index in [1.54, 1.807) is 30.1 Å². The zero-order chi connectivity index (χ0) is 45.0. The predicted octanol–water partition coefficient (Wildman–Crippen LogP) is 5.71. The molecule has 15 heteroatoms. The first-order valence-corrected chi connectivity index (χ1v) is 23.6. The van der Waals surface area contributed by atoms with Gasteiger partial charge in [-0.3, -0.25) is 29.4 Å². The number of aromatic amines is 1. The van der Waals surface area contributed by atoms with Crippen LogP contribution in [-0.2, 0) is 25.7 Å². The van der Waals surface area contributed by atoms with Crippen LogP contribution in [0.1, 0.15) is 79.4 Å². The second-order valence-electron chi connectivity index (χ2n) is 19.0. The van der Waals surface area contributed by atoms with E-state index in [0.29, 0.717) is 53.8 Å². The van der Waals surface area contributed by atoms with Gasteiger partial charge in [0, 0.05) is 126 Å². The summed E-state index contributed by atoms with van der Waals surface area (Å²) in [5.41, 5.74) is 4.41. The Labute approximate surface area is 379 Å². The Bertz CT molecular complexity index is 2470. The van der Waals surface area contributed by atoms with Crippen molar-refractivity contribution < 1.29 is 33.0 Å². The maximum absolute atomic E-state index is 16.4. The Kier molecular flexibility index (Phi) is 11.8. The highest BCUT2D eigenvalue weighted by Gasteiger charge is 2.62. The van der Waals surface area contributed by atoms with Gasteiger partial charge in [-0.15, -0.1) is 0 Å². The third-order valence-electron chi connectivity index (χ3n) is 15.5. The molecule has 10 rings (SSSR count). The van der Waals surface area contributed by atoms with Gasteiger partial charge in [-0.1, -0.05) is 13.0 Å². The van der Waals surface area contributed by atoms with Crippen LogP contribution in [0, 0.1) is 17.7 Å². The molecule has 5 saturated heterocycles. The van der Waals surface area contributed by atoms with Gasteiger partial charge in [0.15, 0.2) is 5.60 Å². The highest BCUT2D eigenvalue weighted by atomic mass is 19.1. The highest BCUT2D eigenvalue weighted by Crippen LogP contribution is 2.54. The Hall–Kier alpha value is -5.51. The number of halogens is 1. The number of carbonyl (C=O) groups excluding carboxylic acids is 4. The molecule has 2 N–H and O–H groups in total. The lowest BCUT2D eigenvalue weighted by atomic mass is 9.74. The van der Waals surface area contributed by atoms with Crippen LogP contribution in [-0.4, -0.2) is 135 Å². The van der Waals surface area contributed by atoms with Crippen molar-refractivity contribution in [2.24, 2.45) is 11.8 Å². The first-order chi connectivity index (χ1) is 31.6. The molecule has 1 aromatic heterocycles. The zero-order valence-corrected chi connectivity index (χ0v) is 37.8. The summed E-state index contributed by atoms with van der Waals surface area (Å²) in [6, 6.07) is 16.1. The Morgan fingerprint density at radius 3 is 2.12 bits per heavy atom. The molecule has 344 valence electrons. The van der Waals surface area contributed by atoms with Gasteiger partial charge in [-0.05, 0) is 98.4 Å². The number of nitrogens with one attached hydrogen (secondary N) is 2. The van der Waals surface area contributed by atoms with E-state index >= 15 is 4.39 Å². The molecule has 4 amide bonds. The van der Waals surface area contributed by atoms with Crippen LogP contribution < -0.4 is 24.8 Å². The summed E-state index contributed by atoms with van der Waals surface area (Å²) >= 11 is 0. The molecule has 7 heterocycles. The molecule has 4 aromatic rings. The molecule has 0 radical (unpaired) electrons. The summed E-state index contributed by atoms with van der Waals surface area (Å²) in [5.74, 6) is 0.503. The molecule has 14 nitrogen and oxygen atoms in total. The van der Waals surface area contributed by atoms with Crippen molar-refractivity contribution in [2.75, 3.05) is 94.4 Å². The molecular formula is C50H61FN8O6. The number of amides is 4. The number of methoxy groups -OCH3 is 2. The zero-order valence-electron chi connectivity index (χ0n) is 37.8. The average Bonchev–Trinajstić information content (AvgIpc) is 3.94. The van der Waals surface area contributed by atoms with Crippen molar-refractivity contribution in [3.8, 4) is 5.75 Å². The Morgan fingerprint density at radius 2 is 1.48 bits per heavy atom. The number of piperazine rings is 1. The lowest BCUT2D eigenvalue weighted by Crippen LogP contribution is -2.69. The minimum absolute atomic E-state index is 0.132. The number of anilines is 3. The van der Waals surface area contributed by atoms with Gasteiger partial charge in [-0.2, -0.15) is 0 Å². The van der Waals surface area contributed by atoms with Crippen LogP contribution >= 0.6 is 0 Å². The monoisotopic (exact) mass is 888 g/mol. The number of aromatic nitrogens is 1. The van der Waals surface area contributed by atoms with Crippen LogP contribution in [0.4, 0.5) is 21.5 Å². The number of hydrogen-bond donors (Lipinski definition) is 2. The van der Waals surface area contributed by atoms with E-state index in [9.17, 15) is 19.2 Å². The Balaban J connectivity index is 0.694. The summed E-state index contributed by atoms with van der Waals surface area (Å²) in [6.07, 6.45) is 7.16. The van der Waals surface area contributed by atoms with E-state index < -0.39 is 17.7 Å². The van der Waals surface area contributed by atoms with Crippen molar-refractivity contribution in [3.63, 3.8) is 0 Å². The number of imide groups is 1. The summed E-state index contributed by atoms with van der Waals surface area (Å²) in [5, 5.41) is 3.30. The third-order valence-corrected chi connectivity index (χ3v) is 15.5. The number of β-lactam (4-membered cyclic amide) rings is 1. The van der Waals surface area contributed by atoms with E-state index in [-0.39, 0.29) is 35.9 Å². The number of benzene rings is 3. The summed E-state index contributed by atoms with van der Waals surface area (Å²) in [6.45, 7) is 12.3. The maximum Gasteiger partial charge on any atom is 0.262 e. The number of fused-ring (bicyclic) bond motifs is 2. The SMILES string of the molecule is CC[C@]1(OC)C(=O)N(c2cccc3[nH]ccc23)[C@H]1c1cc(F)c(N2CCC(CN3CCN(CC4CCN(c5ccc6c(c5)CN([C@H]5CCC(=O)NC5=O)C6=O)CC4)CC3)CC2)cc1OC. The van der Waals surface area contributed by atoms with Crippen molar-refractivity contribution >= 4 is 51.6 Å². The fraction of sp³-hybridized carbons (Fsp3) is 0.520. The lowest BCUT2D eigenvalue weighted by Gasteiger charge is -2.55. The predicted molar refractivity (Wildman–Crippen MR) is 247 cm³/mol. The maximum atomic E-state index is 16.4. The molecule has 0 spiro atoms. The molecule has 0 saturated carbocycles. The fourth-order valence-electron chi connectivity index (χ4n) is 11.7. The minimum atomic E-state index is -1.13. The number of nitrogens with zero attached hydrogens (tertiary/aromatic N) is 6. The minimum Gasteiger partial charge on any atom is -0.496 e. The second-order valence-corrected chi connectivity index (χ2v) is 19.0. The van der Waals surface area contributed by atoms with Gasteiger partial charge in [0.1, 0.15) is 23.7 Å². The van der Waals surface area contributed by atoms with Crippen LogP contribution in [0.3, 0.4) is 0 Å². The van der Waals surface area contributed by atoms with E-state index in [2.05, 4.69) is 36.0 Å². The Morgan fingerprint density at radius 1 is 0.785 bits per heavy atom. The van der Waals surface area contributed by atoms with Crippen LogP contribution in [0.5, 0.6) is 5.75 Å². The van der Waals surface area contributed by atoms with Crippen LogP contribution in [0.25, 0.3) is 10.9 Å². The quantitative estimate of drug-likeness (QED) is 0.135. The molecule has 0 unspecified atom stereocenters. The summed E-state index contributed by atoms with van der Waals surface area (Å²) < 4.78 is 28.3. The number of piperidine rings is 3. The average molecular weight is 889 g/mol. The van der Waals surface area contributed by atoms with Gasteiger partial charge < -0.3 is 39.0 Å². The third kappa shape index (κ3) is 7.82. The van der Waals surface area contributed by atoms with Crippen LogP contribution in [0.15, 0.2) is 60.8 Å². The molecule has 3 atom stereocenters. The van der Waals surface area contributed by atoms with Gasteiger partial charge in [0.05, 0.1) is 18.5 Å². The number of ether oxygens (including phenoxy) is 2. The molecule has 5 fully saturated rings. The van der Waals surface area contributed by atoms with E-state index in [1.807, 2.05) is 55.6 Å². The van der Waals surface area contributed by atoms with Gasteiger partial charge in [-0.25, -0.2) is 4.39 Å². The van der Waals surface area contributed by atoms with Crippen molar-refractivity contribution in [3.05, 3.63) is 83.3 Å². The highest BCUT2D eigenvalue weighted by molar-refractivity contribution is 6.13. The number of rotatable bonds is 12. The van der Waals surface area contributed by atoms with E-state index in [0.717, 1.165) is 119 Å². The van der Waals surface area contributed by atoms with E-state index in [1.165, 1.54) is 0 Å². The largest absolute Gasteiger partial charge is 0.496 e. The molecule has 3 aromatic carbocycles. The van der Waals surface area contributed by atoms with Crippen LogP contribution in [0.2, 0.25) is 0 Å². The molecule has 65 heavy (non-hydrogen) atoms. The number of carbonyl (C=O) groups is 4. The smallest absolute Gasteiger partial charge is 0.262 e. The van der Waals surface area contributed by atoms with Crippen molar-refractivity contribution in [2.45, 2.75) is 76.1 Å². The summed E-state index contributed by atoms with van der Waals surface area (Å²) in [7, 11) is 3.17. The summed E-state index contributed by atoms with van der Waals surface area (Å²) in [4.78, 5) is 67.7. The normalized spacial score (nSPS) is 25.1. The first-order valence-electron chi connectivity index (χ1n) is 23.6. The topological polar surface area (TPSA) is 134 Å². The van der Waals surface area contributed by atoms with Gasteiger partial charge >= 0.3 is 0 Å². The number of hydrogen-bond acceptors (Lipinski definition) is 10. The molecular weight excluding hydrogens is 828 g/mol.